The summed E-state index contributed by atoms with van der Waals surface area (Å²) < 4.78 is 75.3. The molecule has 0 unspecified atom stereocenters. The van der Waals surface area contributed by atoms with Crippen LogP contribution in [-0.2, 0) is 35.2 Å². The van der Waals surface area contributed by atoms with Crippen molar-refractivity contribution < 1.29 is 38.8 Å². The van der Waals surface area contributed by atoms with Crippen LogP contribution < -0.4 is 0 Å². The standard InChI is InChI=1S/C4H6O9S3/c5-3-1-2-4-13-15(9,10)16(11,12)14(6,7)8/h1H,2,4H2,(H,6,7,8). The maximum atomic E-state index is 10.8. The summed E-state index contributed by atoms with van der Waals surface area (Å²) in [7, 11) is -17.2. The summed E-state index contributed by atoms with van der Waals surface area (Å²) in [4.78, 5) is 9.65. The maximum absolute atomic E-state index is 10.8. The molecule has 0 amide bonds. The molecule has 0 aromatic rings. The van der Waals surface area contributed by atoms with Crippen molar-refractivity contribution in [2.75, 3.05) is 6.61 Å². The molecule has 0 fully saturated rings. The minimum atomic E-state index is -5.90. The van der Waals surface area contributed by atoms with E-state index >= 15 is 0 Å². The van der Waals surface area contributed by atoms with Crippen molar-refractivity contribution in [1.29, 1.82) is 0 Å². The Kier molecular flexibility index (Phi) is 4.79. The highest BCUT2D eigenvalue weighted by molar-refractivity contribution is 8.97. The maximum Gasteiger partial charge on any atom is 0.406 e. The van der Waals surface area contributed by atoms with Crippen molar-refractivity contribution >= 4 is 32.1 Å². The molecule has 0 aliphatic carbocycles. The normalized spacial score (nSPS) is 13.1. The van der Waals surface area contributed by atoms with E-state index in [9.17, 15) is 30.0 Å². The van der Waals surface area contributed by atoms with E-state index in [0.29, 0.717) is 0 Å². The molecule has 9 nitrogen and oxygen atoms in total. The lowest BCUT2D eigenvalue weighted by atomic mass is 10.5. The van der Waals surface area contributed by atoms with Crippen molar-refractivity contribution in [2.45, 2.75) is 6.42 Å². The lowest BCUT2D eigenvalue weighted by molar-refractivity contribution is 0.334. The molecule has 0 aliphatic heterocycles. The second-order valence-electron chi connectivity index (χ2n) is 2.18. The molecule has 0 aromatic carbocycles. The van der Waals surface area contributed by atoms with Crippen LogP contribution in [-0.4, -0.2) is 42.4 Å². The second-order valence-corrected chi connectivity index (χ2v) is 10.7. The molecule has 0 aliphatic rings. The van der Waals surface area contributed by atoms with E-state index in [0.717, 1.165) is 6.08 Å². The van der Waals surface area contributed by atoms with E-state index in [-0.39, 0.29) is 6.42 Å². The molecule has 0 rings (SSSR count). The Morgan fingerprint density at radius 3 is 2.00 bits per heavy atom. The molecular weight excluding hydrogens is 288 g/mol. The summed E-state index contributed by atoms with van der Waals surface area (Å²) in [5.41, 5.74) is 0. The highest BCUT2D eigenvalue weighted by Crippen LogP contribution is 2.12. The summed E-state index contributed by atoms with van der Waals surface area (Å²) in [6, 6.07) is 0. The average Bonchev–Trinajstić information content (AvgIpc) is 2.10. The van der Waals surface area contributed by atoms with Crippen molar-refractivity contribution in [3.05, 3.63) is 6.08 Å². The monoisotopic (exact) mass is 294 g/mol. The van der Waals surface area contributed by atoms with E-state index in [1.54, 1.807) is 0 Å². The molecular formula is C4H6O9S3. The minimum Gasteiger partial charge on any atom is -0.273 e. The van der Waals surface area contributed by atoms with Gasteiger partial charge in [-0.05, 0) is 0 Å². The Morgan fingerprint density at radius 2 is 1.62 bits per heavy atom. The largest absolute Gasteiger partial charge is 0.406 e. The van der Waals surface area contributed by atoms with Gasteiger partial charge in [0.25, 0.3) is 0 Å². The van der Waals surface area contributed by atoms with Crippen LogP contribution in [0.1, 0.15) is 6.42 Å². The van der Waals surface area contributed by atoms with Gasteiger partial charge in [0.05, 0.1) is 6.61 Å². The second kappa shape index (κ2) is 5.03. The first-order valence-electron chi connectivity index (χ1n) is 3.37. The number of hydrogen-bond donors (Lipinski definition) is 1. The SMILES string of the molecule is O=C=CCCOS(=O)(=O)S(=O)(=O)S(=O)(=O)O. The van der Waals surface area contributed by atoms with Gasteiger partial charge in [0, 0.05) is 12.5 Å². The average molecular weight is 294 g/mol. The molecule has 0 aromatic heterocycles. The lowest BCUT2D eigenvalue weighted by Crippen LogP contribution is -2.26. The van der Waals surface area contributed by atoms with Crippen LogP contribution in [0, 0.1) is 0 Å². The van der Waals surface area contributed by atoms with Crippen molar-refractivity contribution in [3.63, 3.8) is 0 Å². The summed E-state index contributed by atoms with van der Waals surface area (Å²) >= 11 is 0. The Hall–Kier alpha value is -0.780. The molecule has 0 atom stereocenters. The molecule has 0 bridgehead atoms. The summed E-state index contributed by atoms with van der Waals surface area (Å²) in [6.07, 6.45) is 0.513. The fraction of sp³-hybridized carbons (Fsp3) is 0.500. The lowest BCUT2D eigenvalue weighted by Gasteiger charge is -2.02. The number of carbonyl (C=O) groups excluding carboxylic acids is 1. The minimum absolute atomic E-state index is 0.288. The zero-order chi connectivity index (χ0) is 13.0. The van der Waals surface area contributed by atoms with Gasteiger partial charge in [-0.25, -0.2) is 4.79 Å². The summed E-state index contributed by atoms with van der Waals surface area (Å²) in [6.45, 7) is -0.772. The highest BCUT2D eigenvalue weighted by Gasteiger charge is 2.43. The predicted molar refractivity (Wildman–Crippen MR) is 50.2 cm³/mol. The molecule has 1 N–H and O–H groups in total. The van der Waals surface area contributed by atoms with Gasteiger partial charge in [-0.2, -0.15) is 25.3 Å². The van der Waals surface area contributed by atoms with Crippen LogP contribution in [0.25, 0.3) is 0 Å². The van der Waals surface area contributed by atoms with Crippen molar-refractivity contribution in [2.24, 2.45) is 0 Å². The van der Waals surface area contributed by atoms with E-state index < -0.39 is 32.8 Å². The van der Waals surface area contributed by atoms with E-state index in [1.165, 1.54) is 5.94 Å². The number of hydrogen-bond acceptors (Lipinski definition) is 8. The van der Waals surface area contributed by atoms with Crippen molar-refractivity contribution in [1.82, 2.24) is 0 Å². The van der Waals surface area contributed by atoms with Crippen LogP contribution in [0.15, 0.2) is 6.08 Å². The van der Waals surface area contributed by atoms with Gasteiger partial charge < -0.3 is 0 Å². The summed E-state index contributed by atoms with van der Waals surface area (Å²) in [5.74, 6) is 1.26. The molecule has 0 heterocycles. The molecule has 0 saturated carbocycles. The number of rotatable bonds is 6. The third-order valence-corrected chi connectivity index (χ3v) is 8.94. The van der Waals surface area contributed by atoms with Gasteiger partial charge in [0.15, 0.2) is 0 Å². The quantitative estimate of drug-likeness (QED) is 0.260. The van der Waals surface area contributed by atoms with Gasteiger partial charge >= 0.3 is 26.2 Å². The first-order valence-corrected chi connectivity index (χ1v) is 8.74. The first-order chi connectivity index (χ1) is 7.06. The van der Waals surface area contributed by atoms with Crippen LogP contribution in [0.5, 0.6) is 0 Å². The molecule has 94 valence electrons. The zero-order valence-corrected chi connectivity index (χ0v) is 9.88. The van der Waals surface area contributed by atoms with Crippen LogP contribution in [0.4, 0.5) is 0 Å². The molecule has 12 heteroatoms. The van der Waals surface area contributed by atoms with E-state index in [2.05, 4.69) is 4.18 Å². The van der Waals surface area contributed by atoms with Crippen LogP contribution in [0.3, 0.4) is 0 Å². The molecule has 0 saturated heterocycles. The topological polar surface area (TPSA) is 149 Å². The van der Waals surface area contributed by atoms with Gasteiger partial charge in [0.1, 0.15) is 5.94 Å². The van der Waals surface area contributed by atoms with Gasteiger partial charge in [0.2, 0.25) is 0 Å². The Balaban J connectivity index is 5.05. The fourth-order valence-corrected chi connectivity index (χ4v) is 4.50. The zero-order valence-electron chi connectivity index (χ0n) is 7.43. The molecule has 16 heavy (non-hydrogen) atoms. The van der Waals surface area contributed by atoms with Crippen molar-refractivity contribution in [3.8, 4) is 0 Å². The van der Waals surface area contributed by atoms with Gasteiger partial charge in [-0.1, -0.05) is 0 Å². The first kappa shape index (κ1) is 15.2. The van der Waals surface area contributed by atoms with Gasteiger partial charge in [-0.3, -0.25) is 8.74 Å². The Morgan fingerprint density at radius 1 is 1.12 bits per heavy atom. The van der Waals surface area contributed by atoms with Gasteiger partial charge in [-0.15, -0.1) is 0 Å². The summed E-state index contributed by atoms with van der Waals surface area (Å²) in [5, 5.41) is 0. The third kappa shape index (κ3) is 3.37. The van der Waals surface area contributed by atoms with Crippen LogP contribution in [0.2, 0.25) is 0 Å². The Bertz CT molecular complexity index is 585. The Labute approximate surface area is 90.3 Å². The fourth-order valence-electron chi connectivity index (χ4n) is 0.432. The molecule has 0 radical (unpaired) electrons. The third-order valence-electron chi connectivity index (χ3n) is 1.08. The van der Waals surface area contributed by atoms with Crippen LogP contribution >= 0.6 is 0 Å². The smallest absolute Gasteiger partial charge is 0.273 e. The predicted octanol–water partition coefficient (Wildman–Crippen LogP) is -1.76. The van der Waals surface area contributed by atoms with E-state index in [4.69, 9.17) is 4.55 Å². The molecule has 0 spiro atoms. The highest BCUT2D eigenvalue weighted by atomic mass is 33.6. The van der Waals surface area contributed by atoms with E-state index in [1.807, 2.05) is 0 Å².